The molecule has 0 saturated heterocycles. The van der Waals surface area contributed by atoms with Gasteiger partial charge in [-0.1, -0.05) is 18.2 Å². The predicted molar refractivity (Wildman–Crippen MR) is 137 cm³/mol. The highest BCUT2D eigenvalue weighted by Gasteiger charge is 2.15. The first-order chi connectivity index (χ1) is 17.4. The first-order valence-corrected chi connectivity index (χ1v) is 11.7. The van der Waals surface area contributed by atoms with E-state index < -0.39 is 17.6 Å². The molecule has 0 aliphatic carbocycles. The molecule has 0 aliphatic rings. The van der Waals surface area contributed by atoms with Gasteiger partial charge in [0.1, 0.15) is 11.4 Å². The molecule has 0 unspecified atom stereocenters. The van der Waals surface area contributed by atoms with Crippen LogP contribution in [0.3, 0.4) is 0 Å². The average molecular weight is 554 g/mol. The molecule has 0 spiro atoms. The summed E-state index contributed by atoms with van der Waals surface area (Å²) in [4.78, 5) is 24.6. The van der Waals surface area contributed by atoms with E-state index >= 15 is 0 Å². The van der Waals surface area contributed by atoms with Crippen molar-refractivity contribution in [2.24, 2.45) is 5.10 Å². The number of hydrogen-bond donors (Lipinski definition) is 2. The highest BCUT2D eigenvalue weighted by atomic mass is 79.9. The van der Waals surface area contributed by atoms with Crippen molar-refractivity contribution in [1.29, 1.82) is 0 Å². The maximum Gasteiger partial charge on any atom is 0.307 e. The van der Waals surface area contributed by atoms with Crippen molar-refractivity contribution >= 4 is 50.6 Å². The monoisotopic (exact) mass is 553 g/mol. The Bertz CT molecular complexity index is 1390. The molecule has 10 heteroatoms. The van der Waals surface area contributed by atoms with Crippen LogP contribution >= 0.6 is 15.9 Å². The lowest BCUT2D eigenvalue weighted by Crippen LogP contribution is -2.20. The number of benzene rings is 3. The number of rotatable bonds is 9. The molecule has 0 bridgehead atoms. The van der Waals surface area contributed by atoms with Crippen LogP contribution in [0.15, 0.2) is 80.7 Å². The summed E-state index contributed by atoms with van der Waals surface area (Å²) < 4.78 is 30.4. The third kappa shape index (κ3) is 6.28. The van der Waals surface area contributed by atoms with Crippen LogP contribution < -0.4 is 20.2 Å². The number of nitrogens with one attached hydrogen (secondary N) is 2. The number of nitrogens with zero attached hydrogens (tertiary/aromatic N) is 1. The number of para-hydroxylation sites is 1. The average Bonchev–Trinajstić information content (AvgIpc) is 3.30. The summed E-state index contributed by atoms with van der Waals surface area (Å²) in [6.45, 7) is 1.87. The summed E-state index contributed by atoms with van der Waals surface area (Å²) in [5.41, 5.74) is 4.10. The van der Waals surface area contributed by atoms with Gasteiger partial charge in [-0.15, -0.1) is 0 Å². The van der Waals surface area contributed by atoms with E-state index in [2.05, 4.69) is 31.8 Å². The normalized spacial score (nSPS) is 11.0. The van der Waals surface area contributed by atoms with Gasteiger partial charge in [-0.2, -0.15) is 5.10 Å². The minimum Gasteiger partial charge on any atom is -0.490 e. The maximum absolute atomic E-state index is 13.0. The van der Waals surface area contributed by atoms with Crippen molar-refractivity contribution in [2.75, 3.05) is 18.5 Å². The zero-order chi connectivity index (χ0) is 25.5. The largest absolute Gasteiger partial charge is 0.490 e. The summed E-state index contributed by atoms with van der Waals surface area (Å²) in [6, 6.07) is 17.7. The Balaban J connectivity index is 1.40. The Morgan fingerprint density at radius 1 is 1.08 bits per heavy atom. The smallest absolute Gasteiger partial charge is 0.307 e. The highest BCUT2D eigenvalue weighted by molar-refractivity contribution is 9.10. The molecule has 0 aliphatic heterocycles. The minimum atomic E-state index is -0.487. The molecular formula is C26H21BrFN3O5. The molecule has 4 rings (SSSR count). The van der Waals surface area contributed by atoms with Gasteiger partial charge in [-0.05, 0) is 76.9 Å². The van der Waals surface area contributed by atoms with Crippen LogP contribution in [0.2, 0.25) is 0 Å². The van der Waals surface area contributed by atoms with Crippen molar-refractivity contribution in [2.45, 2.75) is 6.92 Å². The van der Waals surface area contributed by atoms with Gasteiger partial charge in [0.25, 0.3) is 5.91 Å². The van der Waals surface area contributed by atoms with E-state index in [-0.39, 0.29) is 12.4 Å². The van der Waals surface area contributed by atoms with E-state index in [1.54, 1.807) is 24.3 Å². The molecule has 0 radical (unpaired) electrons. The Morgan fingerprint density at radius 2 is 1.86 bits per heavy atom. The van der Waals surface area contributed by atoms with Crippen molar-refractivity contribution in [3.63, 3.8) is 0 Å². The lowest BCUT2D eigenvalue weighted by molar-refractivity contribution is -0.118. The van der Waals surface area contributed by atoms with Crippen molar-refractivity contribution in [3.8, 4) is 11.5 Å². The number of fused-ring (bicyclic) bond motifs is 1. The second kappa shape index (κ2) is 11.5. The molecule has 2 amide bonds. The summed E-state index contributed by atoms with van der Waals surface area (Å²) in [5.74, 6) is -0.450. The molecule has 3 aromatic carbocycles. The van der Waals surface area contributed by atoms with Gasteiger partial charge in [0.05, 0.1) is 17.3 Å². The van der Waals surface area contributed by atoms with Gasteiger partial charge >= 0.3 is 5.91 Å². The third-order valence-electron chi connectivity index (χ3n) is 4.84. The summed E-state index contributed by atoms with van der Waals surface area (Å²) in [5, 5.41) is 7.44. The zero-order valence-electron chi connectivity index (χ0n) is 19.1. The molecule has 0 atom stereocenters. The molecule has 36 heavy (non-hydrogen) atoms. The maximum atomic E-state index is 13.0. The SMILES string of the molecule is CCOc1cc(/C=N/NC(=O)c2cc3ccccc3o2)cc(Br)c1OCC(=O)Nc1ccc(F)cc1. The van der Waals surface area contributed by atoms with E-state index in [0.29, 0.717) is 39.4 Å². The quantitative estimate of drug-likeness (QED) is 0.210. The Labute approximate surface area is 214 Å². The van der Waals surface area contributed by atoms with Crippen molar-refractivity contribution < 1.29 is 27.9 Å². The topological polar surface area (TPSA) is 102 Å². The molecule has 4 aromatic rings. The molecule has 0 fully saturated rings. The fourth-order valence-electron chi connectivity index (χ4n) is 3.25. The molecular weight excluding hydrogens is 533 g/mol. The Morgan fingerprint density at radius 3 is 2.61 bits per heavy atom. The van der Waals surface area contributed by atoms with Gasteiger partial charge in [0.15, 0.2) is 23.9 Å². The fourth-order valence-corrected chi connectivity index (χ4v) is 3.82. The Kier molecular flexibility index (Phi) is 7.96. The number of halogens is 2. The molecule has 8 nitrogen and oxygen atoms in total. The number of furan rings is 1. The first-order valence-electron chi connectivity index (χ1n) is 10.9. The van der Waals surface area contributed by atoms with E-state index in [0.717, 1.165) is 5.39 Å². The van der Waals surface area contributed by atoms with Gasteiger partial charge < -0.3 is 19.2 Å². The van der Waals surface area contributed by atoms with E-state index in [1.165, 1.54) is 30.5 Å². The summed E-state index contributed by atoms with van der Waals surface area (Å²) in [6.07, 6.45) is 1.44. The molecule has 184 valence electrons. The predicted octanol–water partition coefficient (Wildman–Crippen LogP) is 5.51. The molecule has 0 saturated carbocycles. The van der Waals surface area contributed by atoms with Gasteiger partial charge in [0, 0.05) is 11.1 Å². The number of carbonyl (C=O) groups excluding carboxylic acids is 2. The first kappa shape index (κ1) is 24.9. The third-order valence-corrected chi connectivity index (χ3v) is 5.43. The van der Waals surface area contributed by atoms with Crippen LogP contribution in [0, 0.1) is 5.82 Å². The van der Waals surface area contributed by atoms with Crippen LogP contribution in [0.5, 0.6) is 11.5 Å². The van der Waals surface area contributed by atoms with Crippen molar-refractivity contribution in [3.05, 3.63) is 88.3 Å². The number of amides is 2. The second-order valence-corrected chi connectivity index (χ2v) is 8.31. The number of hydrogen-bond acceptors (Lipinski definition) is 6. The van der Waals surface area contributed by atoms with E-state index in [9.17, 15) is 14.0 Å². The van der Waals surface area contributed by atoms with Gasteiger partial charge in [0.2, 0.25) is 0 Å². The van der Waals surface area contributed by atoms with Gasteiger partial charge in [-0.25, -0.2) is 9.82 Å². The fraction of sp³-hybridized carbons (Fsp3) is 0.115. The van der Waals surface area contributed by atoms with Crippen LogP contribution in [0.25, 0.3) is 11.0 Å². The van der Waals surface area contributed by atoms with Crippen LogP contribution in [-0.4, -0.2) is 31.2 Å². The van der Waals surface area contributed by atoms with Gasteiger partial charge in [-0.3, -0.25) is 9.59 Å². The second-order valence-electron chi connectivity index (χ2n) is 7.45. The minimum absolute atomic E-state index is 0.146. The number of anilines is 1. The lowest BCUT2D eigenvalue weighted by Gasteiger charge is -2.14. The summed E-state index contributed by atoms with van der Waals surface area (Å²) in [7, 11) is 0. The standard InChI is InChI=1S/C26H21BrFN3O5/c1-2-34-22-12-16(14-29-31-26(33)23-13-17-5-3-4-6-21(17)36-23)11-20(27)25(22)35-15-24(32)30-19-9-7-18(28)8-10-19/h3-14H,2,15H2,1H3,(H,30,32)(H,31,33)/b29-14+. The van der Waals surface area contributed by atoms with Crippen LogP contribution in [-0.2, 0) is 4.79 Å². The molecule has 2 N–H and O–H groups in total. The molecule has 1 aromatic heterocycles. The zero-order valence-corrected chi connectivity index (χ0v) is 20.7. The van der Waals surface area contributed by atoms with Crippen LogP contribution in [0.1, 0.15) is 23.0 Å². The van der Waals surface area contributed by atoms with E-state index in [1.807, 2.05) is 25.1 Å². The number of carbonyl (C=O) groups is 2. The number of ether oxygens (including phenoxy) is 2. The summed E-state index contributed by atoms with van der Waals surface area (Å²) >= 11 is 3.43. The highest BCUT2D eigenvalue weighted by Crippen LogP contribution is 2.36. The molecule has 1 heterocycles. The van der Waals surface area contributed by atoms with E-state index in [4.69, 9.17) is 13.9 Å². The van der Waals surface area contributed by atoms with Crippen molar-refractivity contribution in [1.82, 2.24) is 5.43 Å². The van der Waals surface area contributed by atoms with Crippen LogP contribution in [0.4, 0.5) is 10.1 Å². The Hall–Kier alpha value is -4.18. The lowest BCUT2D eigenvalue weighted by atomic mass is 10.2. The number of hydrazone groups is 1.